The standard InChI is InChI=1S/C14H24N2O/c1-2-13(17)16-10-14(11-16)8-12(9-14)15-6-4-3-5-7-15/h12H,2-11H2,1H3. The topological polar surface area (TPSA) is 23.6 Å². The molecule has 3 aliphatic rings. The third-order valence-corrected chi connectivity index (χ3v) is 4.95. The molecule has 0 atom stereocenters. The summed E-state index contributed by atoms with van der Waals surface area (Å²) >= 11 is 0. The van der Waals surface area contributed by atoms with Gasteiger partial charge in [-0.05, 0) is 38.8 Å². The Labute approximate surface area is 104 Å². The maximum atomic E-state index is 11.5. The van der Waals surface area contributed by atoms with Crippen molar-refractivity contribution in [3.05, 3.63) is 0 Å². The van der Waals surface area contributed by atoms with E-state index in [1.165, 1.54) is 45.2 Å². The van der Waals surface area contributed by atoms with E-state index in [0.29, 0.717) is 17.7 Å². The monoisotopic (exact) mass is 236 g/mol. The van der Waals surface area contributed by atoms with Crippen LogP contribution in [0, 0.1) is 5.41 Å². The molecule has 0 aromatic carbocycles. The highest BCUT2D eigenvalue weighted by atomic mass is 16.2. The first-order chi connectivity index (χ1) is 8.22. The lowest BCUT2D eigenvalue weighted by molar-refractivity contribution is -0.157. The van der Waals surface area contributed by atoms with Gasteiger partial charge >= 0.3 is 0 Å². The van der Waals surface area contributed by atoms with E-state index in [0.717, 1.165) is 19.1 Å². The summed E-state index contributed by atoms with van der Waals surface area (Å²) in [6, 6.07) is 0.842. The molecule has 2 aliphatic heterocycles. The van der Waals surface area contributed by atoms with Gasteiger partial charge in [0.1, 0.15) is 0 Å². The molecule has 0 unspecified atom stereocenters. The molecule has 1 spiro atoms. The summed E-state index contributed by atoms with van der Waals surface area (Å²) in [7, 11) is 0. The molecule has 2 saturated heterocycles. The Morgan fingerprint density at radius 3 is 2.41 bits per heavy atom. The molecule has 0 aromatic rings. The zero-order valence-electron chi connectivity index (χ0n) is 11.0. The summed E-state index contributed by atoms with van der Waals surface area (Å²) in [6.07, 6.45) is 7.58. The minimum atomic E-state index is 0.344. The Morgan fingerprint density at radius 2 is 1.82 bits per heavy atom. The number of hydrogen-bond donors (Lipinski definition) is 0. The summed E-state index contributed by atoms with van der Waals surface area (Å²) in [6.45, 7) is 6.69. The molecule has 96 valence electrons. The van der Waals surface area contributed by atoms with Crippen molar-refractivity contribution in [2.45, 2.75) is 51.5 Å². The number of nitrogens with zero attached hydrogens (tertiary/aromatic N) is 2. The van der Waals surface area contributed by atoms with Gasteiger partial charge < -0.3 is 9.80 Å². The fourth-order valence-electron chi connectivity index (χ4n) is 3.90. The molecule has 0 N–H and O–H groups in total. The van der Waals surface area contributed by atoms with Gasteiger partial charge in [-0.3, -0.25) is 4.79 Å². The zero-order valence-corrected chi connectivity index (χ0v) is 11.0. The van der Waals surface area contributed by atoms with Gasteiger partial charge in [-0.25, -0.2) is 0 Å². The summed E-state index contributed by atoms with van der Waals surface area (Å²) in [5, 5.41) is 0. The highest BCUT2D eigenvalue weighted by molar-refractivity contribution is 5.77. The molecule has 0 bridgehead atoms. The van der Waals surface area contributed by atoms with Crippen LogP contribution in [0.25, 0.3) is 0 Å². The largest absolute Gasteiger partial charge is 0.341 e. The lowest BCUT2D eigenvalue weighted by atomic mass is 9.60. The van der Waals surface area contributed by atoms with Crippen molar-refractivity contribution >= 4 is 5.91 Å². The van der Waals surface area contributed by atoms with Crippen molar-refractivity contribution in [2.75, 3.05) is 26.2 Å². The van der Waals surface area contributed by atoms with Crippen LogP contribution < -0.4 is 0 Å². The van der Waals surface area contributed by atoms with E-state index in [1.54, 1.807) is 0 Å². The lowest BCUT2D eigenvalue weighted by Gasteiger charge is -2.61. The van der Waals surface area contributed by atoms with E-state index >= 15 is 0 Å². The molecule has 17 heavy (non-hydrogen) atoms. The highest BCUT2D eigenvalue weighted by Crippen LogP contribution is 2.50. The van der Waals surface area contributed by atoms with Crippen molar-refractivity contribution in [1.82, 2.24) is 9.80 Å². The summed E-state index contributed by atoms with van der Waals surface area (Å²) in [5.41, 5.74) is 0.535. The SMILES string of the molecule is CCC(=O)N1CC2(CC(N3CCCCC3)C2)C1. The quantitative estimate of drug-likeness (QED) is 0.731. The average Bonchev–Trinajstić information content (AvgIpc) is 2.26. The molecule has 3 heteroatoms. The molecule has 1 amide bonds. The second-order valence-electron chi connectivity index (χ2n) is 6.26. The van der Waals surface area contributed by atoms with Crippen molar-refractivity contribution in [1.29, 1.82) is 0 Å². The van der Waals surface area contributed by atoms with E-state index in [-0.39, 0.29) is 0 Å². The minimum absolute atomic E-state index is 0.344. The number of hydrogen-bond acceptors (Lipinski definition) is 2. The van der Waals surface area contributed by atoms with Crippen LogP contribution in [0.15, 0.2) is 0 Å². The van der Waals surface area contributed by atoms with Gasteiger partial charge in [0.15, 0.2) is 0 Å². The van der Waals surface area contributed by atoms with Crippen molar-refractivity contribution < 1.29 is 4.79 Å². The first kappa shape index (κ1) is 11.5. The number of amides is 1. The van der Waals surface area contributed by atoms with E-state index in [2.05, 4.69) is 4.90 Å². The zero-order chi connectivity index (χ0) is 11.9. The Kier molecular flexibility index (Phi) is 2.89. The van der Waals surface area contributed by atoms with Crippen LogP contribution in [0.1, 0.15) is 45.4 Å². The number of likely N-dealkylation sites (tertiary alicyclic amines) is 2. The van der Waals surface area contributed by atoms with Crippen LogP contribution in [0.5, 0.6) is 0 Å². The molecule has 0 radical (unpaired) electrons. The average molecular weight is 236 g/mol. The van der Waals surface area contributed by atoms with Gasteiger partial charge in [0.2, 0.25) is 5.91 Å². The third-order valence-electron chi connectivity index (χ3n) is 4.95. The van der Waals surface area contributed by atoms with Crippen LogP contribution in [0.2, 0.25) is 0 Å². The van der Waals surface area contributed by atoms with Gasteiger partial charge in [0.05, 0.1) is 0 Å². The van der Waals surface area contributed by atoms with Crippen LogP contribution >= 0.6 is 0 Å². The van der Waals surface area contributed by atoms with Crippen molar-refractivity contribution in [2.24, 2.45) is 5.41 Å². The lowest BCUT2D eigenvalue weighted by Crippen LogP contribution is -2.67. The second kappa shape index (κ2) is 4.27. The predicted octanol–water partition coefficient (Wildman–Crippen LogP) is 1.87. The molecule has 1 saturated carbocycles. The molecular formula is C14H24N2O. The highest BCUT2D eigenvalue weighted by Gasteiger charge is 2.54. The summed E-state index contributed by atoms with van der Waals surface area (Å²) < 4.78 is 0. The molecule has 3 fully saturated rings. The first-order valence-corrected chi connectivity index (χ1v) is 7.24. The Bertz CT molecular complexity index is 295. The molecule has 0 aromatic heterocycles. The van der Waals surface area contributed by atoms with Crippen molar-refractivity contribution in [3.8, 4) is 0 Å². The van der Waals surface area contributed by atoms with Gasteiger partial charge in [0, 0.05) is 31.0 Å². The predicted molar refractivity (Wildman–Crippen MR) is 67.8 cm³/mol. The second-order valence-corrected chi connectivity index (χ2v) is 6.26. The maximum Gasteiger partial charge on any atom is 0.222 e. The molecule has 3 rings (SSSR count). The number of carbonyl (C=O) groups excluding carboxylic acids is 1. The van der Waals surface area contributed by atoms with Crippen molar-refractivity contribution in [3.63, 3.8) is 0 Å². The number of piperidine rings is 1. The molecule has 2 heterocycles. The van der Waals surface area contributed by atoms with E-state index < -0.39 is 0 Å². The summed E-state index contributed by atoms with van der Waals surface area (Å²) in [4.78, 5) is 16.3. The van der Waals surface area contributed by atoms with E-state index in [4.69, 9.17) is 0 Å². The first-order valence-electron chi connectivity index (χ1n) is 7.24. The van der Waals surface area contributed by atoms with E-state index in [9.17, 15) is 4.79 Å². The molecule has 1 aliphatic carbocycles. The number of carbonyl (C=O) groups is 1. The van der Waals surface area contributed by atoms with Gasteiger partial charge in [-0.1, -0.05) is 13.3 Å². The maximum absolute atomic E-state index is 11.5. The Morgan fingerprint density at radius 1 is 1.18 bits per heavy atom. The smallest absolute Gasteiger partial charge is 0.222 e. The van der Waals surface area contributed by atoms with Gasteiger partial charge in [0.25, 0.3) is 0 Å². The normalized spacial score (nSPS) is 28.9. The third kappa shape index (κ3) is 1.99. The Hall–Kier alpha value is -0.570. The minimum Gasteiger partial charge on any atom is -0.341 e. The molecular weight excluding hydrogens is 212 g/mol. The van der Waals surface area contributed by atoms with Gasteiger partial charge in [-0.2, -0.15) is 0 Å². The van der Waals surface area contributed by atoms with Crippen LogP contribution in [0.3, 0.4) is 0 Å². The fourth-order valence-corrected chi connectivity index (χ4v) is 3.90. The van der Waals surface area contributed by atoms with Gasteiger partial charge in [-0.15, -0.1) is 0 Å². The molecule has 3 nitrogen and oxygen atoms in total. The number of rotatable bonds is 2. The fraction of sp³-hybridized carbons (Fsp3) is 0.929. The van der Waals surface area contributed by atoms with Crippen LogP contribution in [-0.2, 0) is 4.79 Å². The van der Waals surface area contributed by atoms with Crippen LogP contribution in [-0.4, -0.2) is 47.9 Å². The summed E-state index contributed by atoms with van der Waals surface area (Å²) in [5.74, 6) is 0.344. The van der Waals surface area contributed by atoms with Crippen LogP contribution in [0.4, 0.5) is 0 Å². The van der Waals surface area contributed by atoms with E-state index in [1.807, 2.05) is 11.8 Å². The Balaban J connectivity index is 1.44.